The van der Waals surface area contributed by atoms with Gasteiger partial charge in [-0.25, -0.2) is 13.8 Å². The van der Waals surface area contributed by atoms with Crippen LogP contribution in [0.1, 0.15) is 5.56 Å². The number of nitrogens with zero attached hydrogens (tertiary/aromatic N) is 3. The summed E-state index contributed by atoms with van der Waals surface area (Å²) in [7, 11) is -1.94. The predicted octanol–water partition coefficient (Wildman–Crippen LogP) is 1.91. The summed E-state index contributed by atoms with van der Waals surface area (Å²) in [6.45, 7) is 1.77. The summed E-state index contributed by atoms with van der Waals surface area (Å²) in [5, 5.41) is 3.97. The molecule has 0 aromatic heterocycles. The average Bonchev–Trinajstić information content (AvgIpc) is 2.74. The van der Waals surface area contributed by atoms with Gasteiger partial charge in [0.2, 0.25) is 10.0 Å². The Morgan fingerprint density at radius 3 is 2.53 bits per heavy atom. The molecule has 160 valence electrons. The number of carbonyl (C=O) groups is 1. The molecule has 10 heteroatoms. The fourth-order valence-electron chi connectivity index (χ4n) is 3.02. The van der Waals surface area contributed by atoms with Gasteiger partial charge in [0.15, 0.2) is 0 Å². The molecule has 1 N–H and O–H groups in total. The fourth-order valence-corrected chi connectivity index (χ4v) is 4.71. The van der Waals surface area contributed by atoms with Crippen LogP contribution in [0, 0.1) is 0 Å². The summed E-state index contributed by atoms with van der Waals surface area (Å²) in [6.07, 6.45) is 1.54. The summed E-state index contributed by atoms with van der Waals surface area (Å²) in [5.41, 5.74) is 3.31. The molecule has 8 nitrogen and oxygen atoms in total. The molecule has 3 rings (SSSR count). The van der Waals surface area contributed by atoms with E-state index in [4.69, 9.17) is 4.74 Å². The first-order valence-electron chi connectivity index (χ1n) is 9.32. The van der Waals surface area contributed by atoms with E-state index in [1.165, 1.54) is 4.31 Å². The molecule has 0 bridgehead atoms. The molecule has 0 radical (unpaired) electrons. The maximum atomic E-state index is 12.7. The first-order valence-corrected chi connectivity index (χ1v) is 11.6. The van der Waals surface area contributed by atoms with Gasteiger partial charge in [0.1, 0.15) is 5.75 Å². The maximum Gasteiger partial charge on any atom is 0.254 e. The molecular formula is C20H23BrN4O4S. The van der Waals surface area contributed by atoms with E-state index in [2.05, 4.69) is 26.5 Å². The monoisotopic (exact) mass is 494 g/mol. The van der Waals surface area contributed by atoms with Gasteiger partial charge in [-0.15, -0.1) is 0 Å². The molecule has 1 aliphatic heterocycles. The molecule has 0 spiro atoms. The van der Waals surface area contributed by atoms with E-state index in [-0.39, 0.29) is 17.3 Å². The van der Waals surface area contributed by atoms with Crippen molar-refractivity contribution in [3.63, 3.8) is 0 Å². The van der Waals surface area contributed by atoms with Crippen molar-refractivity contribution >= 4 is 38.1 Å². The summed E-state index contributed by atoms with van der Waals surface area (Å²) in [4.78, 5) is 14.3. The Morgan fingerprint density at radius 1 is 1.17 bits per heavy atom. The second-order valence-corrected chi connectivity index (χ2v) is 9.56. The molecule has 0 aliphatic carbocycles. The fraction of sp³-hybridized carbons (Fsp3) is 0.300. The van der Waals surface area contributed by atoms with E-state index >= 15 is 0 Å². The number of hydrogen-bond donors (Lipinski definition) is 1. The van der Waals surface area contributed by atoms with Crippen LogP contribution in [0.4, 0.5) is 0 Å². The first kappa shape index (κ1) is 22.4. The van der Waals surface area contributed by atoms with Crippen LogP contribution in [0.2, 0.25) is 0 Å². The Hall–Kier alpha value is -2.27. The highest BCUT2D eigenvalue weighted by Gasteiger charge is 2.28. The van der Waals surface area contributed by atoms with Crippen LogP contribution in [0.5, 0.6) is 5.75 Å². The van der Waals surface area contributed by atoms with Gasteiger partial charge in [-0.2, -0.15) is 9.41 Å². The average molecular weight is 495 g/mol. The van der Waals surface area contributed by atoms with Gasteiger partial charge in [-0.3, -0.25) is 9.69 Å². The zero-order valence-corrected chi connectivity index (χ0v) is 18.9. The molecule has 2 aromatic carbocycles. The zero-order chi connectivity index (χ0) is 21.6. The lowest BCUT2D eigenvalue weighted by molar-refractivity contribution is -0.122. The Kier molecular flexibility index (Phi) is 7.59. The van der Waals surface area contributed by atoms with Crippen molar-refractivity contribution in [2.45, 2.75) is 4.90 Å². The standard InChI is InChI=1S/C20H23BrN4O4S/c1-29-18-4-2-3-16(13-18)14-22-23-20(26)15-24-9-11-25(12-10-24)30(27,28)19-7-5-17(21)6-8-19/h2-8,13-14H,9-12,15H2,1H3,(H,23,26). The molecule has 1 heterocycles. The van der Waals surface area contributed by atoms with Crippen molar-refractivity contribution in [1.29, 1.82) is 0 Å². The summed E-state index contributed by atoms with van der Waals surface area (Å²) in [5.74, 6) is 0.458. The lowest BCUT2D eigenvalue weighted by Crippen LogP contribution is -2.50. The Morgan fingerprint density at radius 2 is 1.87 bits per heavy atom. The van der Waals surface area contributed by atoms with Crippen LogP contribution < -0.4 is 10.2 Å². The van der Waals surface area contributed by atoms with Gasteiger partial charge in [0.05, 0.1) is 24.8 Å². The van der Waals surface area contributed by atoms with Crippen molar-refractivity contribution in [3.8, 4) is 5.75 Å². The number of sulfonamides is 1. The summed E-state index contributed by atoms with van der Waals surface area (Å²) >= 11 is 3.31. The number of piperazine rings is 1. The minimum absolute atomic E-state index is 0.154. The molecule has 1 amide bonds. The van der Waals surface area contributed by atoms with Crippen molar-refractivity contribution in [3.05, 3.63) is 58.6 Å². The zero-order valence-electron chi connectivity index (χ0n) is 16.5. The number of rotatable bonds is 7. The minimum atomic E-state index is -3.53. The lowest BCUT2D eigenvalue weighted by Gasteiger charge is -2.33. The highest BCUT2D eigenvalue weighted by Crippen LogP contribution is 2.20. The Balaban J connectivity index is 1.47. The second kappa shape index (κ2) is 10.2. The first-order chi connectivity index (χ1) is 14.4. The number of amides is 1. The topological polar surface area (TPSA) is 91.3 Å². The SMILES string of the molecule is COc1cccc(C=NNC(=O)CN2CCN(S(=O)(=O)c3ccc(Br)cc3)CC2)c1. The van der Waals surface area contributed by atoms with Gasteiger partial charge in [-0.05, 0) is 42.0 Å². The number of halogens is 1. The number of nitrogens with one attached hydrogen (secondary N) is 1. The number of methoxy groups -OCH3 is 1. The van der Waals surface area contributed by atoms with Gasteiger partial charge in [-0.1, -0.05) is 28.1 Å². The van der Waals surface area contributed by atoms with Crippen molar-refractivity contribution in [1.82, 2.24) is 14.6 Å². The van der Waals surface area contributed by atoms with Crippen LogP contribution in [0.25, 0.3) is 0 Å². The Labute approximate surface area is 184 Å². The largest absolute Gasteiger partial charge is 0.497 e. The molecule has 1 fully saturated rings. The van der Waals surface area contributed by atoms with Gasteiger partial charge >= 0.3 is 0 Å². The molecule has 0 atom stereocenters. The van der Waals surface area contributed by atoms with Crippen LogP contribution >= 0.6 is 15.9 Å². The van der Waals surface area contributed by atoms with E-state index in [1.807, 2.05) is 23.1 Å². The van der Waals surface area contributed by atoms with E-state index in [1.54, 1.807) is 43.7 Å². The number of ether oxygens (including phenoxy) is 1. The van der Waals surface area contributed by atoms with E-state index in [0.29, 0.717) is 31.9 Å². The van der Waals surface area contributed by atoms with Crippen LogP contribution in [0.15, 0.2) is 63.0 Å². The summed E-state index contributed by atoms with van der Waals surface area (Å²) < 4.78 is 32.9. The third kappa shape index (κ3) is 5.88. The summed E-state index contributed by atoms with van der Waals surface area (Å²) in [6, 6.07) is 13.9. The third-order valence-corrected chi connectivity index (χ3v) is 7.09. The third-order valence-electron chi connectivity index (χ3n) is 4.65. The number of benzene rings is 2. The smallest absolute Gasteiger partial charge is 0.254 e. The molecule has 1 aliphatic rings. The highest BCUT2D eigenvalue weighted by molar-refractivity contribution is 9.10. The van der Waals surface area contributed by atoms with Crippen molar-refractivity contribution < 1.29 is 17.9 Å². The van der Waals surface area contributed by atoms with E-state index in [0.717, 1.165) is 10.0 Å². The predicted molar refractivity (Wildman–Crippen MR) is 118 cm³/mol. The molecule has 1 saturated heterocycles. The highest BCUT2D eigenvalue weighted by atomic mass is 79.9. The molecule has 0 saturated carbocycles. The number of carbonyl (C=O) groups excluding carboxylic acids is 1. The van der Waals surface area contributed by atoms with Gasteiger partial charge in [0.25, 0.3) is 5.91 Å². The van der Waals surface area contributed by atoms with Crippen LogP contribution in [0.3, 0.4) is 0 Å². The van der Waals surface area contributed by atoms with E-state index < -0.39 is 10.0 Å². The molecular weight excluding hydrogens is 472 g/mol. The second-order valence-electron chi connectivity index (χ2n) is 6.70. The molecule has 30 heavy (non-hydrogen) atoms. The van der Waals surface area contributed by atoms with Crippen molar-refractivity contribution in [2.24, 2.45) is 5.10 Å². The van der Waals surface area contributed by atoms with E-state index in [9.17, 15) is 13.2 Å². The van der Waals surface area contributed by atoms with Crippen LogP contribution in [-0.2, 0) is 14.8 Å². The van der Waals surface area contributed by atoms with Gasteiger partial charge < -0.3 is 4.74 Å². The lowest BCUT2D eigenvalue weighted by atomic mass is 10.2. The Bertz CT molecular complexity index is 1000. The normalized spacial score (nSPS) is 15.9. The molecule has 2 aromatic rings. The maximum absolute atomic E-state index is 12.7. The number of hydrazone groups is 1. The van der Waals surface area contributed by atoms with Crippen LogP contribution in [-0.4, -0.2) is 69.6 Å². The quantitative estimate of drug-likeness (QED) is 0.468. The van der Waals surface area contributed by atoms with Gasteiger partial charge in [0, 0.05) is 30.7 Å². The number of hydrogen-bond acceptors (Lipinski definition) is 6. The minimum Gasteiger partial charge on any atom is -0.497 e. The van der Waals surface area contributed by atoms with Crippen molar-refractivity contribution in [2.75, 3.05) is 39.8 Å². The molecule has 0 unspecified atom stereocenters.